The minimum Gasteiger partial charge on any atom is -0.366 e. The molecule has 0 unspecified atom stereocenters. The van der Waals surface area contributed by atoms with E-state index in [0.717, 1.165) is 17.0 Å². The number of hydrogen-bond donors (Lipinski definition) is 1. The van der Waals surface area contributed by atoms with Crippen LogP contribution in [-0.4, -0.2) is 20.6 Å². The molecule has 96 valence electrons. The van der Waals surface area contributed by atoms with Gasteiger partial charge in [0.25, 0.3) is 0 Å². The molecule has 2 aromatic rings. The van der Waals surface area contributed by atoms with Crippen molar-refractivity contribution in [2.24, 2.45) is 0 Å². The first kappa shape index (κ1) is 11.5. The molecule has 0 atom stereocenters. The van der Waals surface area contributed by atoms with Crippen molar-refractivity contribution in [3.8, 4) is 0 Å². The molecular formula is C14H20N4. The molecule has 0 saturated heterocycles. The van der Waals surface area contributed by atoms with Crippen molar-refractivity contribution in [1.29, 1.82) is 0 Å². The van der Waals surface area contributed by atoms with Gasteiger partial charge >= 0.3 is 0 Å². The Hall–Kier alpha value is -1.58. The van der Waals surface area contributed by atoms with Crippen LogP contribution in [0, 0.1) is 6.92 Å². The van der Waals surface area contributed by atoms with Gasteiger partial charge in [0, 0.05) is 18.4 Å². The second kappa shape index (κ2) is 4.96. The number of aromatic nitrogens is 3. The monoisotopic (exact) mass is 244 g/mol. The van der Waals surface area contributed by atoms with E-state index in [9.17, 15) is 0 Å². The van der Waals surface area contributed by atoms with E-state index in [-0.39, 0.29) is 0 Å². The molecule has 0 spiro atoms. The van der Waals surface area contributed by atoms with E-state index in [1.54, 1.807) is 0 Å². The molecule has 0 amide bonds. The van der Waals surface area contributed by atoms with Crippen molar-refractivity contribution in [2.75, 3.05) is 5.32 Å². The largest absolute Gasteiger partial charge is 0.366 e. The van der Waals surface area contributed by atoms with Crippen molar-refractivity contribution < 1.29 is 0 Å². The third kappa shape index (κ3) is 2.33. The lowest BCUT2D eigenvalue weighted by Crippen LogP contribution is -2.19. The normalized spacial score (nSPS) is 17.8. The lowest BCUT2D eigenvalue weighted by atomic mass is 10.1. The van der Waals surface area contributed by atoms with Crippen LogP contribution in [-0.2, 0) is 0 Å². The minimum atomic E-state index is 0.571. The van der Waals surface area contributed by atoms with E-state index in [1.807, 2.05) is 23.8 Å². The maximum Gasteiger partial charge on any atom is 0.152 e. The Morgan fingerprint density at radius 3 is 2.78 bits per heavy atom. The molecule has 1 aliphatic carbocycles. The minimum absolute atomic E-state index is 0.571. The standard InChI is InChI=1S/C14H20N4/c1-11-10-13-14(15-8-9-18(13)17-11)16-12-6-4-2-3-5-7-12/h8-10,12H,2-7H2,1H3,(H,15,16). The van der Waals surface area contributed by atoms with Crippen LogP contribution in [0.3, 0.4) is 0 Å². The molecule has 0 aliphatic heterocycles. The van der Waals surface area contributed by atoms with Crippen LogP contribution in [0.1, 0.15) is 44.2 Å². The summed E-state index contributed by atoms with van der Waals surface area (Å²) in [4.78, 5) is 4.47. The second-order valence-corrected chi connectivity index (χ2v) is 5.22. The van der Waals surface area contributed by atoms with Crippen molar-refractivity contribution in [2.45, 2.75) is 51.5 Å². The van der Waals surface area contributed by atoms with Gasteiger partial charge < -0.3 is 5.32 Å². The van der Waals surface area contributed by atoms with Crippen molar-refractivity contribution >= 4 is 11.3 Å². The summed E-state index contributed by atoms with van der Waals surface area (Å²) in [6, 6.07) is 2.66. The summed E-state index contributed by atoms with van der Waals surface area (Å²) in [5, 5.41) is 8.03. The molecular weight excluding hydrogens is 224 g/mol. The fourth-order valence-electron chi connectivity index (χ4n) is 2.77. The van der Waals surface area contributed by atoms with Crippen LogP contribution in [0.15, 0.2) is 18.5 Å². The van der Waals surface area contributed by atoms with Gasteiger partial charge in [-0.05, 0) is 25.8 Å². The summed E-state index contributed by atoms with van der Waals surface area (Å²) in [6.45, 7) is 2.02. The summed E-state index contributed by atoms with van der Waals surface area (Å²) in [7, 11) is 0. The molecule has 1 N–H and O–H groups in total. The zero-order valence-corrected chi connectivity index (χ0v) is 10.9. The van der Waals surface area contributed by atoms with Crippen LogP contribution >= 0.6 is 0 Å². The predicted molar refractivity (Wildman–Crippen MR) is 72.8 cm³/mol. The highest BCUT2D eigenvalue weighted by Crippen LogP contribution is 2.22. The first-order valence-corrected chi connectivity index (χ1v) is 6.90. The highest BCUT2D eigenvalue weighted by Gasteiger charge is 2.14. The lowest BCUT2D eigenvalue weighted by Gasteiger charge is -2.17. The van der Waals surface area contributed by atoms with Gasteiger partial charge in [-0.2, -0.15) is 5.10 Å². The summed E-state index contributed by atoms with van der Waals surface area (Å²) < 4.78 is 1.90. The Kier molecular flexibility index (Phi) is 3.17. The van der Waals surface area contributed by atoms with Gasteiger partial charge in [0.1, 0.15) is 5.52 Å². The van der Waals surface area contributed by atoms with Gasteiger partial charge in [0.2, 0.25) is 0 Å². The number of anilines is 1. The summed E-state index contributed by atoms with van der Waals surface area (Å²) in [5.74, 6) is 0.977. The molecule has 2 aromatic heterocycles. The molecule has 3 rings (SSSR count). The van der Waals surface area contributed by atoms with Gasteiger partial charge in [-0.1, -0.05) is 25.7 Å². The third-order valence-corrected chi connectivity index (χ3v) is 3.71. The SMILES string of the molecule is Cc1cc2c(NC3CCCCCC3)nccn2n1. The number of aryl methyl sites for hydroxylation is 1. The average molecular weight is 244 g/mol. The Balaban J connectivity index is 1.84. The Labute approximate surface area is 107 Å². The fourth-order valence-corrected chi connectivity index (χ4v) is 2.77. The smallest absolute Gasteiger partial charge is 0.152 e. The van der Waals surface area contributed by atoms with Crippen LogP contribution in [0.4, 0.5) is 5.82 Å². The van der Waals surface area contributed by atoms with E-state index in [0.29, 0.717) is 6.04 Å². The maximum atomic E-state index is 4.47. The Morgan fingerprint density at radius 2 is 2.00 bits per heavy atom. The van der Waals surface area contributed by atoms with E-state index >= 15 is 0 Å². The van der Waals surface area contributed by atoms with Gasteiger partial charge in [0.15, 0.2) is 5.82 Å². The molecule has 18 heavy (non-hydrogen) atoms. The molecule has 1 fully saturated rings. The number of fused-ring (bicyclic) bond motifs is 1. The van der Waals surface area contributed by atoms with Gasteiger partial charge in [-0.3, -0.25) is 0 Å². The van der Waals surface area contributed by atoms with Crippen molar-refractivity contribution in [1.82, 2.24) is 14.6 Å². The van der Waals surface area contributed by atoms with Gasteiger partial charge in [-0.15, -0.1) is 0 Å². The molecule has 1 aliphatic rings. The molecule has 4 heteroatoms. The zero-order chi connectivity index (χ0) is 12.4. The molecule has 1 saturated carbocycles. The van der Waals surface area contributed by atoms with Crippen molar-refractivity contribution in [3.05, 3.63) is 24.2 Å². The molecule has 0 bridgehead atoms. The second-order valence-electron chi connectivity index (χ2n) is 5.22. The van der Waals surface area contributed by atoms with Crippen molar-refractivity contribution in [3.63, 3.8) is 0 Å². The first-order chi connectivity index (χ1) is 8.83. The Bertz CT molecular complexity index is 524. The topological polar surface area (TPSA) is 42.2 Å². The molecule has 0 aromatic carbocycles. The highest BCUT2D eigenvalue weighted by molar-refractivity contribution is 5.67. The lowest BCUT2D eigenvalue weighted by molar-refractivity contribution is 0.618. The zero-order valence-electron chi connectivity index (χ0n) is 10.9. The molecule has 4 nitrogen and oxygen atoms in total. The summed E-state index contributed by atoms with van der Waals surface area (Å²) in [5.41, 5.74) is 2.12. The summed E-state index contributed by atoms with van der Waals surface area (Å²) in [6.07, 6.45) is 11.7. The third-order valence-electron chi connectivity index (χ3n) is 3.71. The van der Waals surface area contributed by atoms with Crippen LogP contribution in [0.2, 0.25) is 0 Å². The van der Waals surface area contributed by atoms with E-state index in [1.165, 1.54) is 38.5 Å². The predicted octanol–water partition coefficient (Wildman–Crippen LogP) is 3.17. The average Bonchev–Trinajstić information content (AvgIpc) is 2.58. The molecule has 0 radical (unpaired) electrons. The van der Waals surface area contributed by atoms with E-state index in [4.69, 9.17) is 0 Å². The van der Waals surface area contributed by atoms with E-state index in [2.05, 4.69) is 21.5 Å². The van der Waals surface area contributed by atoms with Crippen LogP contribution in [0.25, 0.3) is 5.52 Å². The fraction of sp³-hybridized carbons (Fsp3) is 0.571. The van der Waals surface area contributed by atoms with E-state index < -0.39 is 0 Å². The summed E-state index contributed by atoms with van der Waals surface area (Å²) >= 11 is 0. The number of nitrogens with one attached hydrogen (secondary N) is 1. The number of nitrogens with zero attached hydrogens (tertiary/aromatic N) is 3. The Morgan fingerprint density at radius 1 is 1.22 bits per heavy atom. The molecule has 2 heterocycles. The van der Waals surface area contributed by atoms with Crippen LogP contribution < -0.4 is 5.32 Å². The van der Waals surface area contributed by atoms with Crippen LogP contribution in [0.5, 0.6) is 0 Å². The quantitative estimate of drug-likeness (QED) is 0.825. The number of rotatable bonds is 2. The first-order valence-electron chi connectivity index (χ1n) is 6.90. The highest BCUT2D eigenvalue weighted by atomic mass is 15.2. The maximum absolute atomic E-state index is 4.47. The van der Waals surface area contributed by atoms with Gasteiger partial charge in [-0.25, -0.2) is 9.50 Å². The number of hydrogen-bond acceptors (Lipinski definition) is 3. The van der Waals surface area contributed by atoms with Gasteiger partial charge in [0.05, 0.1) is 5.69 Å².